The molecule has 5 heteroatoms. The van der Waals surface area contributed by atoms with Crippen LogP contribution in [0, 0.1) is 0 Å². The zero-order valence-electron chi connectivity index (χ0n) is 12.3. The molecule has 0 amide bonds. The zero-order chi connectivity index (χ0) is 14.1. The van der Waals surface area contributed by atoms with Gasteiger partial charge in [-0.25, -0.2) is 9.97 Å². The first-order chi connectivity index (χ1) is 10.4. The van der Waals surface area contributed by atoms with Gasteiger partial charge in [0.2, 0.25) is 0 Å². The van der Waals surface area contributed by atoms with Gasteiger partial charge >= 0.3 is 0 Å². The van der Waals surface area contributed by atoms with E-state index in [0.29, 0.717) is 11.4 Å². The van der Waals surface area contributed by atoms with E-state index in [1.807, 2.05) is 12.3 Å². The van der Waals surface area contributed by atoms with Crippen LogP contribution in [-0.2, 0) is 0 Å². The Morgan fingerprint density at radius 3 is 2.95 bits per heavy atom. The number of thioether (sulfide) groups is 1. The molecule has 21 heavy (non-hydrogen) atoms. The van der Waals surface area contributed by atoms with Crippen LogP contribution >= 0.6 is 11.8 Å². The summed E-state index contributed by atoms with van der Waals surface area (Å²) in [5.41, 5.74) is 2.12. The number of rotatable bonds is 2. The number of nitrogens with zero attached hydrogens (tertiary/aromatic N) is 3. The highest BCUT2D eigenvalue weighted by atomic mass is 32.2. The molecule has 1 N–H and O–H groups in total. The fourth-order valence-electron chi connectivity index (χ4n) is 3.48. The van der Waals surface area contributed by atoms with E-state index in [4.69, 9.17) is 4.98 Å². The van der Waals surface area contributed by atoms with E-state index in [2.05, 4.69) is 32.7 Å². The zero-order valence-corrected chi connectivity index (χ0v) is 13.1. The molecule has 4 nitrogen and oxygen atoms in total. The second-order valence-electron chi connectivity index (χ2n) is 6.01. The standard InChI is InChI=1S/C16H22N4S/c1-3-9-17-12(6-1)16-19-13-7-5-10-18-15(13)20(16)14-8-2-4-11-21-14/h5,7,10,12,14,17H,1-4,6,8-9,11H2. The molecule has 2 aromatic rings. The molecule has 4 heterocycles. The molecular formula is C16H22N4S. The van der Waals surface area contributed by atoms with Crippen LogP contribution in [0.25, 0.3) is 11.2 Å². The van der Waals surface area contributed by atoms with Crippen molar-refractivity contribution >= 4 is 22.9 Å². The van der Waals surface area contributed by atoms with Crippen molar-refractivity contribution in [3.05, 3.63) is 24.2 Å². The quantitative estimate of drug-likeness (QED) is 0.919. The van der Waals surface area contributed by atoms with Crippen LogP contribution < -0.4 is 5.32 Å². The van der Waals surface area contributed by atoms with Crippen LogP contribution in [0.2, 0.25) is 0 Å². The average molecular weight is 302 g/mol. The van der Waals surface area contributed by atoms with E-state index in [1.54, 1.807) is 0 Å². The lowest BCUT2D eigenvalue weighted by atomic mass is 10.0. The molecule has 2 aromatic heterocycles. The molecular weight excluding hydrogens is 280 g/mol. The van der Waals surface area contributed by atoms with Gasteiger partial charge in [0.1, 0.15) is 11.3 Å². The van der Waals surface area contributed by atoms with Crippen molar-refractivity contribution in [1.29, 1.82) is 0 Å². The molecule has 0 aliphatic carbocycles. The summed E-state index contributed by atoms with van der Waals surface area (Å²) in [6.07, 6.45) is 9.58. The van der Waals surface area contributed by atoms with Crippen molar-refractivity contribution < 1.29 is 0 Å². The molecule has 2 aliphatic heterocycles. The number of hydrogen-bond acceptors (Lipinski definition) is 4. The number of imidazole rings is 1. The molecule has 0 bridgehead atoms. The third-order valence-corrected chi connectivity index (χ3v) is 5.90. The Morgan fingerprint density at radius 1 is 1.19 bits per heavy atom. The Kier molecular flexibility index (Phi) is 3.86. The summed E-state index contributed by atoms with van der Waals surface area (Å²) in [6, 6.07) is 4.49. The second-order valence-corrected chi connectivity index (χ2v) is 7.30. The van der Waals surface area contributed by atoms with Crippen LogP contribution in [0.4, 0.5) is 0 Å². The summed E-state index contributed by atoms with van der Waals surface area (Å²) in [7, 11) is 0. The second kappa shape index (κ2) is 5.97. The molecule has 0 aromatic carbocycles. The normalized spacial score (nSPS) is 27.0. The maximum Gasteiger partial charge on any atom is 0.161 e. The van der Waals surface area contributed by atoms with Crippen molar-refractivity contribution in [1.82, 2.24) is 19.9 Å². The minimum atomic E-state index is 0.399. The lowest BCUT2D eigenvalue weighted by Gasteiger charge is -2.29. The molecule has 112 valence electrons. The summed E-state index contributed by atoms with van der Waals surface area (Å²) in [5, 5.41) is 4.17. The highest BCUT2D eigenvalue weighted by Crippen LogP contribution is 2.39. The monoisotopic (exact) mass is 302 g/mol. The molecule has 4 rings (SSSR count). The summed E-state index contributed by atoms with van der Waals surface area (Å²) in [6.45, 7) is 1.11. The minimum Gasteiger partial charge on any atom is -0.307 e. The van der Waals surface area contributed by atoms with Crippen LogP contribution in [0.1, 0.15) is 55.8 Å². The Hall–Kier alpha value is -1.07. The molecule has 2 saturated heterocycles. The van der Waals surface area contributed by atoms with Gasteiger partial charge in [0.05, 0.1) is 11.4 Å². The smallest absolute Gasteiger partial charge is 0.161 e. The number of fused-ring (bicyclic) bond motifs is 1. The molecule has 2 atom stereocenters. The molecule has 0 radical (unpaired) electrons. The van der Waals surface area contributed by atoms with Crippen LogP contribution in [0.15, 0.2) is 18.3 Å². The van der Waals surface area contributed by atoms with Crippen LogP contribution in [-0.4, -0.2) is 26.8 Å². The van der Waals surface area contributed by atoms with Crippen LogP contribution in [0.5, 0.6) is 0 Å². The summed E-state index contributed by atoms with van der Waals surface area (Å²) < 4.78 is 2.43. The largest absolute Gasteiger partial charge is 0.307 e. The predicted octanol–water partition coefficient (Wildman–Crippen LogP) is 3.66. The molecule has 2 fully saturated rings. The van der Waals surface area contributed by atoms with Crippen molar-refractivity contribution in [3.63, 3.8) is 0 Å². The first kappa shape index (κ1) is 13.6. The minimum absolute atomic E-state index is 0.399. The van der Waals surface area contributed by atoms with Gasteiger partial charge in [-0.1, -0.05) is 6.42 Å². The van der Waals surface area contributed by atoms with Crippen molar-refractivity contribution in [2.45, 2.75) is 49.9 Å². The van der Waals surface area contributed by atoms with Crippen molar-refractivity contribution in [3.8, 4) is 0 Å². The first-order valence-electron chi connectivity index (χ1n) is 8.11. The third-order valence-electron chi connectivity index (χ3n) is 4.54. The Bertz CT molecular complexity index is 612. The van der Waals surface area contributed by atoms with E-state index in [0.717, 1.165) is 17.7 Å². The lowest BCUT2D eigenvalue weighted by molar-refractivity contribution is 0.382. The van der Waals surface area contributed by atoms with Gasteiger partial charge in [0.15, 0.2) is 5.65 Å². The number of pyridine rings is 1. The number of aromatic nitrogens is 3. The van der Waals surface area contributed by atoms with Gasteiger partial charge in [-0.15, -0.1) is 11.8 Å². The highest BCUT2D eigenvalue weighted by Gasteiger charge is 2.27. The molecule has 0 spiro atoms. The maximum atomic E-state index is 4.94. The van der Waals surface area contributed by atoms with E-state index in [1.165, 1.54) is 50.1 Å². The summed E-state index contributed by atoms with van der Waals surface area (Å²) >= 11 is 2.07. The summed E-state index contributed by atoms with van der Waals surface area (Å²) in [4.78, 5) is 9.57. The predicted molar refractivity (Wildman–Crippen MR) is 87.5 cm³/mol. The number of nitrogens with one attached hydrogen (secondary N) is 1. The van der Waals surface area contributed by atoms with Crippen molar-refractivity contribution in [2.75, 3.05) is 12.3 Å². The Labute approximate surface area is 129 Å². The average Bonchev–Trinajstić information content (AvgIpc) is 2.96. The van der Waals surface area contributed by atoms with E-state index < -0.39 is 0 Å². The molecule has 2 aliphatic rings. The highest BCUT2D eigenvalue weighted by molar-refractivity contribution is 7.99. The van der Waals surface area contributed by atoms with E-state index in [-0.39, 0.29) is 0 Å². The maximum absolute atomic E-state index is 4.94. The van der Waals surface area contributed by atoms with E-state index >= 15 is 0 Å². The van der Waals surface area contributed by atoms with E-state index in [9.17, 15) is 0 Å². The Morgan fingerprint density at radius 2 is 2.14 bits per heavy atom. The first-order valence-corrected chi connectivity index (χ1v) is 9.16. The van der Waals surface area contributed by atoms with Gasteiger partial charge in [0.25, 0.3) is 0 Å². The number of piperidine rings is 1. The SMILES string of the molecule is c1cnc2c(c1)nc(C1CCCCN1)n2C1CCCCS1. The number of hydrogen-bond donors (Lipinski definition) is 1. The third kappa shape index (κ3) is 2.57. The lowest BCUT2D eigenvalue weighted by Crippen LogP contribution is -2.30. The van der Waals surface area contributed by atoms with Gasteiger partial charge < -0.3 is 5.32 Å². The van der Waals surface area contributed by atoms with Gasteiger partial charge in [0, 0.05) is 6.20 Å². The molecule has 0 saturated carbocycles. The Balaban J connectivity index is 1.79. The van der Waals surface area contributed by atoms with Gasteiger partial charge in [-0.3, -0.25) is 4.57 Å². The fourth-order valence-corrected chi connectivity index (χ4v) is 4.81. The topological polar surface area (TPSA) is 42.7 Å². The summed E-state index contributed by atoms with van der Waals surface area (Å²) in [5.74, 6) is 2.47. The van der Waals surface area contributed by atoms with Crippen LogP contribution in [0.3, 0.4) is 0 Å². The fraction of sp³-hybridized carbons (Fsp3) is 0.625. The van der Waals surface area contributed by atoms with Crippen molar-refractivity contribution in [2.24, 2.45) is 0 Å². The molecule has 2 unspecified atom stereocenters. The van der Waals surface area contributed by atoms with Gasteiger partial charge in [-0.05, 0) is 56.5 Å². The van der Waals surface area contributed by atoms with Gasteiger partial charge in [-0.2, -0.15) is 0 Å².